The lowest BCUT2D eigenvalue weighted by Crippen LogP contribution is -2.41. The minimum atomic E-state index is -0.249. The Morgan fingerprint density at radius 1 is 1.29 bits per heavy atom. The zero-order valence-electron chi connectivity index (χ0n) is 12.6. The van der Waals surface area contributed by atoms with Crippen LogP contribution in [0.1, 0.15) is 42.9 Å². The smallest absolute Gasteiger partial charge is 0.315 e. The fourth-order valence-electron chi connectivity index (χ4n) is 2.23. The first-order chi connectivity index (χ1) is 10.2. The summed E-state index contributed by atoms with van der Waals surface area (Å²) < 4.78 is 1.61. The highest BCUT2D eigenvalue weighted by molar-refractivity contribution is 5.94. The normalized spacial score (nSPS) is 14.0. The highest BCUT2D eigenvalue weighted by Crippen LogP contribution is 2.14. The summed E-state index contributed by atoms with van der Waals surface area (Å²) in [7, 11) is 0. The molecule has 0 fully saturated rings. The van der Waals surface area contributed by atoms with Gasteiger partial charge in [0.1, 0.15) is 5.69 Å². The van der Waals surface area contributed by atoms with Crippen LogP contribution in [0, 0.1) is 0 Å². The Morgan fingerprint density at radius 2 is 2.10 bits per heavy atom. The average Bonchev–Trinajstić information content (AvgIpc) is 2.90. The number of amides is 3. The summed E-state index contributed by atoms with van der Waals surface area (Å²) in [5.41, 5.74) is 1.00. The van der Waals surface area contributed by atoms with Gasteiger partial charge in [0.2, 0.25) is 0 Å². The highest BCUT2D eigenvalue weighted by Gasteiger charge is 2.28. The van der Waals surface area contributed by atoms with Crippen molar-refractivity contribution < 1.29 is 9.59 Å². The van der Waals surface area contributed by atoms with Crippen LogP contribution in [-0.2, 0) is 13.1 Å². The standard InChI is InChI=1S/C13H22N6O2/c1-3-5-6-14-13(21)15-9-10-11-12(20)18(4-2)7-8-19(11)17-16-10/h3-9H2,1-2H3,(H2,14,15,21). The Bertz CT molecular complexity index is 513. The summed E-state index contributed by atoms with van der Waals surface area (Å²) in [5.74, 6) is -0.0723. The van der Waals surface area contributed by atoms with E-state index < -0.39 is 0 Å². The van der Waals surface area contributed by atoms with Crippen LogP contribution in [0.5, 0.6) is 0 Å². The molecule has 1 aromatic heterocycles. The van der Waals surface area contributed by atoms with Crippen LogP contribution in [0.4, 0.5) is 4.79 Å². The topological polar surface area (TPSA) is 92.1 Å². The predicted molar refractivity (Wildman–Crippen MR) is 76.7 cm³/mol. The van der Waals surface area contributed by atoms with Gasteiger partial charge in [-0.25, -0.2) is 9.48 Å². The largest absolute Gasteiger partial charge is 0.338 e. The van der Waals surface area contributed by atoms with Gasteiger partial charge in [0.05, 0.1) is 13.1 Å². The zero-order chi connectivity index (χ0) is 15.2. The number of rotatable bonds is 6. The van der Waals surface area contributed by atoms with Gasteiger partial charge in [0, 0.05) is 19.6 Å². The van der Waals surface area contributed by atoms with E-state index in [0.29, 0.717) is 37.6 Å². The van der Waals surface area contributed by atoms with Crippen molar-refractivity contribution in [3.63, 3.8) is 0 Å². The van der Waals surface area contributed by atoms with Gasteiger partial charge in [-0.15, -0.1) is 5.10 Å². The number of hydrogen-bond donors (Lipinski definition) is 2. The molecular weight excluding hydrogens is 272 g/mol. The summed E-state index contributed by atoms with van der Waals surface area (Å²) in [5, 5.41) is 13.5. The van der Waals surface area contributed by atoms with Gasteiger partial charge in [-0.2, -0.15) is 0 Å². The molecular formula is C13H22N6O2. The highest BCUT2D eigenvalue weighted by atomic mass is 16.2. The maximum Gasteiger partial charge on any atom is 0.315 e. The monoisotopic (exact) mass is 294 g/mol. The summed E-state index contributed by atoms with van der Waals surface area (Å²) in [4.78, 5) is 25.6. The zero-order valence-corrected chi connectivity index (χ0v) is 12.6. The van der Waals surface area contributed by atoms with Gasteiger partial charge in [0.15, 0.2) is 5.69 Å². The number of fused-ring (bicyclic) bond motifs is 1. The SMILES string of the molecule is CCCCNC(=O)NCc1nnn2c1C(=O)N(CC)CC2. The number of aromatic nitrogens is 3. The molecule has 0 bridgehead atoms. The summed E-state index contributed by atoms with van der Waals surface area (Å²) in [6.45, 7) is 6.81. The Labute approximate surface area is 123 Å². The molecule has 1 aromatic rings. The third-order valence-electron chi connectivity index (χ3n) is 3.49. The second-order valence-corrected chi connectivity index (χ2v) is 4.96. The van der Waals surface area contributed by atoms with E-state index in [0.717, 1.165) is 12.8 Å². The number of carbonyl (C=O) groups is 2. The molecule has 0 unspecified atom stereocenters. The van der Waals surface area contributed by atoms with Gasteiger partial charge >= 0.3 is 6.03 Å². The first kappa shape index (κ1) is 15.3. The van der Waals surface area contributed by atoms with Crippen LogP contribution in [-0.4, -0.2) is 51.5 Å². The van der Waals surface area contributed by atoms with E-state index in [-0.39, 0.29) is 18.5 Å². The maximum atomic E-state index is 12.3. The van der Waals surface area contributed by atoms with E-state index in [1.807, 2.05) is 6.92 Å². The molecule has 0 saturated carbocycles. The quantitative estimate of drug-likeness (QED) is 0.741. The lowest BCUT2D eigenvalue weighted by atomic mass is 10.2. The van der Waals surface area contributed by atoms with Gasteiger partial charge in [0.25, 0.3) is 5.91 Å². The number of carbonyl (C=O) groups excluding carboxylic acids is 2. The molecule has 2 N–H and O–H groups in total. The molecule has 3 amide bonds. The molecule has 1 aliphatic heterocycles. The van der Waals surface area contributed by atoms with Crippen molar-refractivity contribution in [2.24, 2.45) is 0 Å². The Hall–Kier alpha value is -2.12. The lowest BCUT2D eigenvalue weighted by Gasteiger charge is -2.26. The molecule has 0 aliphatic carbocycles. The van der Waals surface area contributed by atoms with Crippen molar-refractivity contribution >= 4 is 11.9 Å². The van der Waals surface area contributed by atoms with Gasteiger partial charge in [-0.3, -0.25) is 4.79 Å². The Morgan fingerprint density at radius 3 is 2.81 bits per heavy atom. The first-order valence-electron chi connectivity index (χ1n) is 7.40. The molecule has 2 heterocycles. The molecule has 0 radical (unpaired) electrons. The fraction of sp³-hybridized carbons (Fsp3) is 0.692. The Kier molecular flexibility index (Phi) is 5.13. The molecule has 0 saturated heterocycles. The molecule has 2 rings (SSSR count). The van der Waals surface area contributed by atoms with Crippen LogP contribution in [0.2, 0.25) is 0 Å². The second kappa shape index (κ2) is 7.05. The molecule has 1 aliphatic rings. The van der Waals surface area contributed by atoms with Crippen LogP contribution in [0.25, 0.3) is 0 Å². The molecule has 21 heavy (non-hydrogen) atoms. The summed E-state index contributed by atoms with van der Waals surface area (Å²) in [6, 6.07) is -0.249. The minimum Gasteiger partial charge on any atom is -0.338 e. The van der Waals surface area contributed by atoms with Crippen LogP contribution in [0.3, 0.4) is 0 Å². The van der Waals surface area contributed by atoms with Gasteiger partial charge in [-0.1, -0.05) is 18.6 Å². The van der Waals surface area contributed by atoms with E-state index >= 15 is 0 Å². The van der Waals surface area contributed by atoms with E-state index in [1.165, 1.54) is 0 Å². The molecule has 116 valence electrons. The molecule has 8 nitrogen and oxygen atoms in total. The number of hydrogen-bond acceptors (Lipinski definition) is 4. The average molecular weight is 294 g/mol. The lowest BCUT2D eigenvalue weighted by molar-refractivity contribution is 0.0706. The van der Waals surface area contributed by atoms with E-state index in [2.05, 4.69) is 27.9 Å². The van der Waals surface area contributed by atoms with E-state index in [4.69, 9.17) is 0 Å². The summed E-state index contributed by atoms with van der Waals surface area (Å²) >= 11 is 0. The van der Waals surface area contributed by atoms with Crippen molar-refractivity contribution in [3.8, 4) is 0 Å². The number of nitrogens with zero attached hydrogens (tertiary/aromatic N) is 4. The predicted octanol–water partition coefficient (Wildman–Crippen LogP) is 0.353. The van der Waals surface area contributed by atoms with Gasteiger partial charge in [-0.05, 0) is 13.3 Å². The fourth-order valence-corrected chi connectivity index (χ4v) is 2.23. The van der Waals surface area contributed by atoms with Crippen molar-refractivity contribution in [2.45, 2.75) is 39.8 Å². The van der Waals surface area contributed by atoms with E-state index in [1.54, 1.807) is 9.58 Å². The van der Waals surface area contributed by atoms with Crippen LogP contribution in [0.15, 0.2) is 0 Å². The molecule has 0 spiro atoms. The van der Waals surface area contributed by atoms with Crippen LogP contribution < -0.4 is 10.6 Å². The maximum absolute atomic E-state index is 12.3. The van der Waals surface area contributed by atoms with Gasteiger partial charge < -0.3 is 15.5 Å². The minimum absolute atomic E-state index is 0.0723. The third-order valence-corrected chi connectivity index (χ3v) is 3.49. The number of urea groups is 1. The summed E-state index contributed by atoms with van der Waals surface area (Å²) in [6.07, 6.45) is 1.97. The Balaban J connectivity index is 1.95. The number of unbranched alkanes of at least 4 members (excludes halogenated alkanes) is 1. The molecule has 0 aromatic carbocycles. The van der Waals surface area contributed by atoms with Crippen LogP contribution >= 0.6 is 0 Å². The molecule has 0 atom stereocenters. The molecule has 8 heteroatoms. The van der Waals surface area contributed by atoms with E-state index in [9.17, 15) is 9.59 Å². The first-order valence-corrected chi connectivity index (χ1v) is 7.40. The van der Waals surface area contributed by atoms with Crippen molar-refractivity contribution in [2.75, 3.05) is 19.6 Å². The number of likely N-dealkylation sites (N-methyl/N-ethyl adjacent to an activating group) is 1. The van der Waals surface area contributed by atoms with Crippen molar-refractivity contribution in [3.05, 3.63) is 11.4 Å². The third kappa shape index (κ3) is 3.50. The number of nitrogens with one attached hydrogen (secondary N) is 2. The van der Waals surface area contributed by atoms with Crippen molar-refractivity contribution in [1.82, 2.24) is 30.5 Å². The van der Waals surface area contributed by atoms with Crippen molar-refractivity contribution in [1.29, 1.82) is 0 Å². The second-order valence-electron chi connectivity index (χ2n) is 4.96.